The van der Waals surface area contributed by atoms with Gasteiger partial charge >= 0.3 is 0 Å². The second-order valence-corrected chi connectivity index (χ2v) is 7.54. The molecule has 2 aromatic carbocycles. The van der Waals surface area contributed by atoms with E-state index >= 15 is 0 Å². The highest BCUT2D eigenvalue weighted by molar-refractivity contribution is 8.03. The van der Waals surface area contributed by atoms with Crippen molar-refractivity contribution in [1.82, 2.24) is 0 Å². The molecule has 2 rings (SSSR count). The van der Waals surface area contributed by atoms with E-state index in [1.165, 1.54) is 23.5 Å². The van der Waals surface area contributed by atoms with Gasteiger partial charge in [0, 0.05) is 45.4 Å². The van der Waals surface area contributed by atoms with E-state index in [0.717, 1.165) is 9.79 Å². The molecule has 0 radical (unpaired) electrons. The summed E-state index contributed by atoms with van der Waals surface area (Å²) in [5, 5.41) is 1.05. The predicted molar refractivity (Wildman–Crippen MR) is 114 cm³/mol. The van der Waals surface area contributed by atoms with Crippen LogP contribution in [-0.2, 0) is 0 Å². The van der Waals surface area contributed by atoms with E-state index in [9.17, 15) is 0 Å². The van der Waals surface area contributed by atoms with Crippen LogP contribution in [0.1, 0.15) is 0 Å². The fourth-order valence-corrected chi connectivity index (χ4v) is 4.05. The van der Waals surface area contributed by atoms with E-state index in [2.05, 4.69) is 0 Å². The molecule has 0 atom stereocenters. The van der Waals surface area contributed by atoms with Crippen LogP contribution in [0.3, 0.4) is 0 Å². The first-order valence-corrected chi connectivity index (χ1v) is 9.53. The number of nitrogens with two attached hydrogens (primary N) is 6. The largest absolute Gasteiger partial charge is 0.398 e. The number of thioether (sulfide) groups is 2. The molecule has 0 aromatic heterocycles. The Bertz CT molecular complexity index is 762. The Morgan fingerprint density at radius 3 is 1.31 bits per heavy atom. The summed E-state index contributed by atoms with van der Waals surface area (Å²) in [6.45, 7) is 0.424. The van der Waals surface area contributed by atoms with Crippen LogP contribution in [0.25, 0.3) is 0 Å². The van der Waals surface area contributed by atoms with Crippen LogP contribution >= 0.6 is 23.5 Å². The monoisotopic (exact) mass is 388 g/mol. The molecule has 0 aliphatic rings. The third-order valence-electron chi connectivity index (χ3n) is 3.65. The molecule has 6 nitrogen and oxygen atoms in total. The summed E-state index contributed by atoms with van der Waals surface area (Å²) in [4.78, 5) is 1.71. The Morgan fingerprint density at radius 1 is 0.654 bits per heavy atom. The highest BCUT2D eigenvalue weighted by Crippen LogP contribution is 2.35. The van der Waals surface area contributed by atoms with Gasteiger partial charge in [0.2, 0.25) is 0 Å². The van der Waals surface area contributed by atoms with E-state index in [1.807, 2.05) is 48.5 Å². The zero-order chi connectivity index (χ0) is 19.1. The lowest BCUT2D eigenvalue weighted by atomic mass is 10.1. The van der Waals surface area contributed by atoms with E-state index < -0.39 is 0 Å². The highest BCUT2D eigenvalue weighted by atomic mass is 32.2. The molecule has 0 fully saturated rings. The van der Waals surface area contributed by atoms with Gasteiger partial charge in [0.05, 0.1) is 10.1 Å². The van der Waals surface area contributed by atoms with Crippen molar-refractivity contribution in [1.29, 1.82) is 0 Å². The van der Waals surface area contributed by atoms with Crippen LogP contribution in [0.4, 0.5) is 11.4 Å². The molecule has 0 amide bonds. The molecule has 138 valence electrons. The molecule has 26 heavy (non-hydrogen) atoms. The van der Waals surface area contributed by atoms with Crippen molar-refractivity contribution in [3.8, 4) is 0 Å². The van der Waals surface area contributed by atoms with Gasteiger partial charge < -0.3 is 34.4 Å². The normalized spacial score (nSPS) is 13.2. The van der Waals surface area contributed by atoms with Crippen molar-refractivity contribution in [2.45, 2.75) is 9.79 Å². The first kappa shape index (κ1) is 20.1. The van der Waals surface area contributed by atoms with E-state index in [4.69, 9.17) is 34.4 Å². The quantitative estimate of drug-likeness (QED) is 0.239. The van der Waals surface area contributed by atoms with Gasteiger partial charge in [-0.3, -0.25) is 0 Å². The maximum absolute atomic E-state index is 6.29. The van der Waals surface area contributed by atoms with Crippen LogP contribution in [-0.4, -0.2) is 13.1 Å². The summed E-state index contributed by atoms with van der Waals surface area (Å²) in [5.41, 5.74) is 39.2. The minimum Gasteiger partial charge on any atom is -0.398 e. The molecule has 8 heteroatoms. The first-order valence-electron chi connectivity index (χ1n) is 7.90. The average Bonchev–Trinajstić information content (AvgIpc) is 2.63. The van der Waals surface area contributed by atoms with Crippen molar-refractivity contribution in [3.05, 3.63) is 69.7 Å². The van der Waals surface area contributed by atoms with Crippen LogP contribution < -0.4 is 34.4 Å². The van der Waals surface area contributed by atoms with Gasteiger partial charge in [-0.25, -0.2) is 0 Å². The number of rotatable bonds is 7. The second kappa shape index (κ2) is 9.44. The van der Waals surface area contributed by atoms with Crippen molar-refractivity contribution in [3.63, 3.8) is 0 Å². The minimum absolute atomic E-state index is 0.212. The van der Waals surface area contributed by atoms with E-state index in [-0.39, 0.29) is 13.1 Å². The Morgan fingerprint density at radius 2 is 1.00 bits per heavy atom. The topological polar surface area (TPSA) is 156 Å². The van der Waals surface area contributed by atoms with Crippen molar-refractivity contribution >= 4 is 34.9 Å². The van der Waals surface area contributed by atoms with Gasteiger partial charge in [0.15, 0.2) is 0 Å². The van der Waals surface area contributed by atoms with Crippen LogP contribution in [0.2, 0.25) is 0 Å². The summed E-state index contributed by atoms with van der Waals surface area (Å²) in [6.07, 6.45) is 0. The molecular formula is C18H24N6S2. The van der Waals surface area contributed by atoms with E-state index in [1.54, 1.807) is 0 Å². The second-order valence-electron chi connectivity index (χ2n) is 5.37. The SMILES string of the molecule is NCC(=C(/N)Sc1ccccc1N)/C(CN)=C(\N)Sc1ccccc1N. The fourth-order valence-electron chi connectivity index (χ4n) is 2.25. The number of anilines is 2. The average molecular weight is 389 g/mol. The first-order chi connectivity index (χ1) is 12.5. The van der Waals surface area contributed by atoms with Crippen LogP contribution in [0.5, 0.6) is 0 Å². The highest BCUT2D eigenvalue weighted by Gasteiger charge is 2.15. The molecule has 0 unspecified atom stereocenters. The zero-order valence-electron chi connectivity index (χ0n) is 14.3. The fraction of sp³-hybridized carbons (Fsp3) is 0.111. The lowest BCUT2D eigenvalue weighted by molar-refractivity contribution is 1.05. The number of para-hydroxylation sites is 2. The number of benzene rings is 2. The Kier molecular flexibility index (Phi) is 7.28. The molecule has 0 heterocycles. The Balaban J connectivity index is 2.37. The molecule has 2 aromatic rings. The predicted octanol–water partition coefficient (Wildman–Crippen LogP) is 1.99. The smallest absolute Gasteiger partial charge is 0.0754 e. The van der Waals surface area contributed by atoms with E-state index in [0.29, 0.717) is 32.6 Å². The summed E-state index contributed by atoms with van der Waals surface area (Å²) in [5.74, 6) is 0. The maximum atomic E-state index is 6.29. The molecule has 0 aliphatic carbocycles. The third kappa shape index (κ3) is 4.89. The molecule has 0 aliphatic heterocycles. The van der Waals surface area contributed by atoms with Crippen molar-refractivity contribution < 1.29 is 0 Å². The molecular weight excluding hydrogens is 364 g/mol. The van der Waals surface area contributed by atoms with Crippen LogP contribution in [0.15, 0.2) is 79.5 Å². The van der Waals surface area contributed by atoms with Crippen molar-refractivity contribution in [2.24, 2.45) is 22.9 Å². The summed E-state index contributed by atoms with van der Waals surface area (Å²) in [6, 6.07) is 15.0. The molecule has 0 saturated heterocycles. The minimum atomic E-state index is 0.212. The lowest BCUT2D eigenvalue weighted by Gasteiger charge is -2.16. The van der Waals surface area contributed by atoms with Crippen LogP contribution in [0, 0.1) is 0 Å². The molecule has 0 spiro atoms. The van der Waals surface area contributed by atoms with Gasteiger partial charge in [-0.05, 0) is 24.3 Å². The number of hydrogen-bond donors (Lipinski definition) is 6. The molecule has 0 saturated carbocycles. The summed E-state index contributed by atoms with van der Waals surface area (Å²) < 4.78 is 0. The summed E-state index contributed by atoms with van der Waals surface area (Å²) in [7, 11) is 0. The van der Waals surface area contributed by atoms with Gasteiger partial charge in [0.25, 0.3) is 0 Å². The summed E-state index contributed by atoms with van der Waals surface area (Å²) >= 11 is 2.69. The number of nitrogen functional groups attached to an aromatic ring is 2. The lowest BCUT2D eigenvalue weighted by Crippen LogP contribution is -2.19. The van der Waals surface area contributed by atoms with Gasteiger partial charge in [-0.2, -0.15) is 0 Å². The van der Waals surface area contributed by atoms with Gasteiger partial charge in [0.1, 0.15) is 0 Å². The standard InChI is InChI=1S/C18H24N6S2/c19-9-11(17(23)25-15-7-3-1-5-13(15)21)12(10-20)18(24)26-16-8-4-2-6-14(16)22/h1-8H,9-10,19-24H2/b17-11+,18-12+. The molecule has 0 bridgehead atoms. The zero-order valence-corrected chi connectivity index (χ0v) is 15.9. The Hall–Kier alpha value is -2.26. The van der Waals surface area contributed by atoms with Gasteiger partial charge in [-0.1, -0.05) is 47.8 Å². The maximum Gasteiger partial charge on any atom is 0.0754 e. The van der Waals surface area contributed by atoms with Crippen molar-refractivity contribution in [2.75, 3.05) is 24.6 Å². The number of hydrogen-bond acceptors (Lipinski definition) is 8. The third-order valence-corrected chi connectivity index (χ3v) is 5.76. The molecule has 12 N–H and O–H groups in total. The van der Waals surface area contributed by atoms with Gasteiger partial charge in [-0.15, -0.1) is 0 Å². The Labute approximate surface area is 162 Å².